The van der Waals surface area contributed by atoms with Crippen LogP contribution in [0, 0.1) is 0 Å². The van der Waals surface area contributed by atoms with Gasteiger partial charge in [0, 0.05) is 6.42 Å². The second kappa shape index (κ2) is 46.5. The molecule has 1 amide bonds. The fourth-order valence-corrected chi connectivity index (χ4v) is 7.72. The van der Waals surface area contributed by atoms with Crippen LogP contribution in [0.1, 0.15) is 200 Å². The molecular formula is C56H99N2O6P. The number of quaternary nitrogens is 1. The minimum absolute atomic E-state index is 0.00667. The summed E-state index contributed by atoms with van der Waals surface area (Å²) < 4.78 is 23.2. The molecule has 8 nitrogen and oxygen atoms in total. The summed E-state index contributed by atoms with van der Waals surface area (Å²) in [6.07, 6.45) is 65.9. The number of amides is 1. The number of phosphoric acid groups is 1. The molecule has 65 heavy (non-hydrogen) atoms. The van der Waals surface area contributed by atoms with Crippen molar-refractivity contribution in [2.45, 2.75) is 212 Å². The van der Waals surface area contributed by atoms with E-state index in [0.29, 0.717) is 23.9 Å². The standard InChI is InChI=1S/C56H99N2O6P/c1-6-8-10-12-14-16-17-18-19-20-21-22-23-24-25-26-27-28-29-30-31-32-33-34-35-36-37-38-39-40-41-42-44-46-48-50-56(60)57-54(53-64-65(61,62)63-52-51-58(3,4)5)55(59)49-47-45-43-15-13-11-9-7-2/h8,10,14,16,18-19,21-22,24-25,27-28,30-31,33-34,54-55,59H,6-7,9,11-13,15,17,20,23,26,29,32,35-53H2,1-5H3,(H-,57,60,61,62)/b10-8-,16-14-,19-18-,22-21-,25-24-,28-27-,31-30-,34-33-. The predicted molar refractivity (Wildman–Crippen MR) is 279 cm³/mol. The number of hydrogen-bond donors (Lipinski definition) is 2. The van der Waals surface area contributed by atoms with Gasteiger partial charge in [-0.05, 0) is 77.0 Å². The summed E-state index contributed by atoms with van der Waals surface area (Å²) in [6, 6.07) is -0.806. The Hall–Kier alpha value is -2.58. The molecule has 0 aromatic heterocycles. The molecule has 0 saturated carbocycles. The molecule has 0 bridgehead atoms. The summed E-state index contributed by atoms with van der Waals surface area (Å²) in [6.45, 7) is 4.55. The first-order valence-electron chi connectivity index (χ1n) is 26.1. The van der Waals surface area contributed by atoms with Crippen molar-refractivity contribution in [3.05, 3.63) is 97.2 Å². The van der Waals surface area contributed by atoms with Crippen molar-refractivity contribution in [2.24, 2.45) is 0 Å². The molecule has 0 rings (SSSR count). The van der Waals surface area contributed by atoms with Gasteiger partial charge in [0.1, 0.15) is 13.2 Å². The molecule has 3 atom stereocenters. The van der Waals surface area contributed by atoms with Crippen molar-refractivity contribution in [1.29, 1.82) is 0 Å². The van der Waals surface area contributed by atoms with Gasteiger partial charge >= 0.3 is 0 Å². The van der Waals surface area contributed by atoms with E-state index in [1.807, 2.05) is 21.1 Å². The Bertz CT molecular complexity index is 1370. The van der Waals surface area contributed by atoms with Gasteiger partial charge in [0.2, 0.25) is 5.91 Å². The van der Waals surface area contributed by atoms with Gasteiger partial charge in [-0.1, -0.05) is 214 Å². The van der Waals surface area contributed by atoms with Gasteiger partial charge in [-0.3, -0.25) is 9.36 Å². The summed E-state index contributed by atoms with van der Waals surface area (Å²) in [5.41, 5.74) is 0. The molecule has 0 aromatic rings. The van der Waals surface area contributed by atoms with Crippen LogP contribution >= 0.6 is 7.82 Å². The van der Waals surface area contributed by atoms with Crippen molar-refractivity contribution < 1.29 is 32.9 Å². The fraction of sp³-hybridized carbons (Fsp3) is 0.696. The minimum atomic E-state index is -4.57. The highest BCUT2D eigenvalue weighted by atomic mass is 31.2. The highest BCUT2D eigenvalue weighted by molar-refractivity contribution is 7.45. The summed E-state index contributed by atoms with van der Waals surface area (Å²) in [4.78, 5) is 25.3. The Kier molecular flexibility index (Phi) is 44.7. The lowest BCUT2D eigenvalue weighted by Crippen LogP contribution is -2.46. The zero-order chi connectivity index (χ0) is 47.8. The molecule has 0 spiro atoms. The smallest absolute Gasteiger partial charge is 0.268 e. The fourth-order valence-electron chi connectivity index (χ4n) is 7.00. The third-order valence-corrected chi connectivity index (χ3v) is 12.1. The number of nitrogens with zero attached hydrogens (tertiary/aromatic N) is 1. The lowest BCUT2D eigenvalue weighted by Gasteiger charge is -2.30. The van der Waals surface area contributed by atoms with Crippen molar-refractivity contribution in [2.75, 3.05) is 40.9 Å². The molecule has 0 heterocycles. The van der Waals surface area contributed by atoms with E-state index in [2.05, 4.69) is 116 Å². The molecule has 9 heteroatoms. The van der Waals surface area contributed by atoms with Crippen molar-refractivity contribution >= 4 is 13.7 Å². The maximum atomic E-state index is 12.9. The Morgan fingerprint density at radius 2 is 0.938 bits per heavy atom. The zero-order valence-electron chi connectivity index (χ0n) is 42.4. The number of rotatable bonds is 46. The summed E-state index contributed by atoms with van der Waals surface area (Å²) in [7, 11) is 1.29. The van der Waals surface area contributed by atoms with E-state index in [1.54, 1.807) is 0 Å². The Labute approximate surface area is 400 Å². The molecule has 3 unspecified atom stereocenters. The van der Waals surface area contributed by atoms with E-state index < -0.39 is 20.0 Å². The third-order valence-electron chi connectivity index (χ3n) is 11.1. The molecule has 2 N–H and O–H groups in total. The Morgan fingerprint density at radius 1 is 0.554 bits per heavy atom. The third kappa shape index (κ3) is 49.2. The number of phosphoric ester groups is 1. The van der Waals surface area contributed by atoms with E-state index >= 15 is 0 Å². The largest absolute Gasteiger partial charge is 0.756 e. The van der Waals surface area contributed by atoms with Crippen LogP contribution in [-0.2, 0) is 18.4 Å². The lowest BCUT2D eigenvalue weighted by atomic mass is 10.0. The quantitative estimate of drug-likeness (QED) is 0.0272. The number of carbonyl (C=O) groups is 1. The van der Waals surface area contributed by atoms with Crippen LogP contribution in [0.2, 0.25) is 0 Å². The number of aliphatic hydroxyl groups is 1. The molecule has 0 aliphatic rings. The van der Waals surface area contributed by atoms with Crippen LogP contribution in [0.25, 0.3) is 0 Å². The van der Waals surface area contributed by atoms with E-state index in [0.717, 1.165) is 96.3 Å². The predicted octanol–water partition coefficient (Wildman–Crippen LogP) is 14.8. The molecule has 374 valence electrons. The molecule has 0 radical (unpaired) electrons. The first kappa shape index (κ1) is 62.4. The van der Waals surface area contributed by atoms with Gasteiger partial charge in [0.15, 0.2) is 0 Å². The SMILES string of the molecule is CC/C=C\C/C=C\C/C=C\C/C=C\C/C=C\C/C=C\C/C=C\C/C=C\CCCCCCCCCCCCC(=O)NC(COP(=O)([O-])OCC[N+](C)(C)C)C(O)CCCCCCCCCC. The number of carbonyl (C=O) groups excluding carboxylic acids is 1. The average molecular weight is 927 g/mol. The lowest BCUT2D eigenvalue weighted by molar-refractivity contribution is -0.870. The van der Waals surface area contributed by atoms with E-state index in [9.17, 15) is 19.4 Å². The van der Waals surface area contributed by atoms with Crippen LogP contribution in [0.15, 0.2) is 97.2 Å². The van der Waals surface area contributed by atoms with Crippen LogP contribution in [0.4, 0.5) is 0 Å². The van der Waals surface area contributed by atoms with E-state index in [1.165, 1.54) is 77.0 Å². The first-order valence-corrected chi connectivity index (χ1v) is 27.5. The van der Waals surface area contributed by atoms with Crippen LogP contribution < -0.4 is 10.2 Å². The van der Waals surface area contributed by atoms with Crippen molar-refractivity contribution in [3.8, 4) is 0 Å². The van der Waals surface area contributed by atoms with Gasteiger partial charge < -0.3 is 28.8 Å². The Balaban J connectivity index is 4.03. The molecule has 0 fully saturated rings. The highest BCUT2D eigenvalue weighted by Gasteiger charge is 2.24. The molecule has 0 aromatic carbocycles. The number of hydrogen-bond acceptors (Lipinski definition) is 6. The number of allylic oxidation sites excluding steroid dienone is 16. The second-order valence-electron chi connectivity index (χ2n) is 18.5. The van der Waals surface area contributed by atoms with Gasteiger partial charge in [-0.2, -0.15) is 0 Å². The molecule has 0 aliphatic carbocycles. The van der Waals surface area contributed by atoms with E-state index in [-0.39, 0.29) is 19.1 Å². The maximum absolute atomic E-state index is 12.9. The monoisotopic (exact) mass is 927 g/mol. The number of likely N-dealkylation sites (N-methyl/N-ethyl adjacent to an activating group) is 1. The minimum Gasteiger partial charge on any atom is -0.756 e. The van der Waals surface area contributed by atoms with Crippen molar-refractivity contribution in [1.82, 2.24) is 5.32 Å². The second-order valence-corrected chi connectivity index (χ2v) is 19.9. The first-order chi connectivity index (χ1) is 31.5. The van der Waals surface area contributed by atoms with Crippen LogP contribution in [0.5, 0.6) is 0 Å². The number of unbranched alkanes of at least 4 members (excludes halogenated alkanes) is 17. The van der Waals surface area contributed by atoms with Gasteiger partial charge in [-0.15, -0.1) is 0 Å². The van der Waals surface area contributed by atoms with Gasteiger partial charge in [0.25, 0.3) is 7.82 Å². The number of nitrogens with one attached hydrogen (secondary N) is 1. The maximum Gasteiger partial charge on any atom is 0.268 e. The van der Waals surface area contributed by atoms with E-state index in [4.69, 9.17) is 9.05 Å². The Morgan fingerprint density at radius 3 is 1.37 bits per heavy atom. The summed E-state index contributed by atoms with van der Waals surface area (Å²) in [5.74, 6) is -0.177. The van der Waals surface area contributed by atoms with Crippen LogP contribution in [-0.4, -0.2) is 68.5 Å². The van der Waals surface area contributed by atoms with Gasteiger partial charge in [-0.25, -0.2) is 0 Å². The average Bonchev–Trinajstić information content (AvgIpc) is 3.26. The summed E-state index contributed by atoms with van der Waals surface area (Å²) in [5, 5.41) is 13.8. The highest BCUT2D eigenvalue weighted by Crippen LogP contribution is 2.38. The molecule has 0 aliphatic heterocycles. The zero-order valence-corrected chi connectivity index (χ0v) is 43.3. The topological polar surface area (TPSA) is 108 Å². The number of aliphatic hydroxyl groups excluding tert-OH is 1. The van der Waals surface area contributed by atoms with Crippen molar-refractivity contribution in [3.63, 3.8) is 0 Å². The molecular weight excluding hydrogens is 828 g/mol. The van der Waals surface area contributed by atoms with Crippen LogP contribution in [0.3, 0.4) is 0 Å². The normalized spacial score (nSPS) is 14.9. The molecule has 0 saturated heterocycles. The van der Waals surface area contributed by atoms with Gasteiger partial charge in [0.05, 0.1) is 39.9 Å². The summed E-state index contributed by atoms with van der Waals surface area (Å²) >= 11 is 0.